The summed E-state index contributed by atoms with van der Waals surface area (Å²) in [7, 11) is -3.58. The van der Waals surface area contributed by atoms with Gasteiger partial charge in [-0.05, 0) is 37.1 Å². The summed E-state index contributed by atoms with van der Waals surface area (Å²) in [4.78, 5) is 10.8. The van der Waals surface area contributed by atoms with Gasteiger partial charge in [-0.25, -0.2) is 13.1 Å². The zero-order chi connectivity index (χ0) is 21.4. The fourth-order valence-corrected chi connectivity index (χ4v) is 4.32. The lowest BCUT2D eigenvalue weighted by Crippen LogP contribution is -2.48. The van der Waals surface area contributed by atoms with E-state index in [1.54, 1.807) is 12.3 Å². The van der Waals surface area contributed by atoms with Crippen LogP contribution in [0, 0.1) is 6.92 Å². The number of aliphatic imine (C=N–C) groups is 1. The Balaban J connectivity index is 0.00000341. The smallest absolute Gasteiger partial charge is 0.242 e. The molecule has 2 heterocycles. The van der Waals surface area contributed by atoms with Crippen molar-refractivity contribution in [2.24, 2.45) is 4.99 Å². The van der Waals surface area contributed by atoms with Crippen LogP contribution in [0.15, 0.2) is 58.7 Å². The average Bonchev–Trinajstić information content (AvgIpc) is 2.77. The lowest BCUT2D eigenvalue weighted by Gasteiger charge is -2.35. The van der Waals surface area contributed by atoms with E-state index >= 15 is 0 Å². The summed E-state index contributed by atoms with van der Waals surface area (Å²) in [6, 6.07) is 11.4. The number of sulfonamides is 1. The maximum atomic E-state index is 12.3. The molecule has 1 aromatic carbocycles. The van der Waals surface area contributed by atoms with Crippen LogP contribution < -0.4 is 10.0 Å². The van der Waals surface area contributed by atoms with Gasteiger partial charge in [-0.2, -0.15) is 0 Å². The highest BCUT2D eigenvalue weighted by molar-refractivity contribution is 14.0. The van der Waals surface area contributed by atoms with Crippen molar-refractivity contribution in [2.75, 3.05) is 39.3 Å². The Morgan fingerprint density at radius 3 is 2.81 bits per heavy atom. The second-order valence-corrected chi connectivity index (χ2v) is 8.75. The molecule has 1 atom stereocenters. The number of nitrogens with zero attached hydrogens (tertiary/aromatic N) is 3. The van der Waals surface area contributed by atoms with Crippen molar-refractivity contribution in [1.82, 2.24) is 19.9 Å². The minimum absolute atomic E-state index is 0. The molecule has 0 radical (unpaired) electrons. The van der Waals surface area contributed by atoms with Crippen LogP contribution in [-0.4, -0.2) is 63.6 Å². The quantitative estimate of drug-likeness (QED) is 0.234. The van der Waals surface area contributed by atoms with Crippen molar-refractivity contribution >= 4 is 40.0 Å². The van der Waals surface area contributed by atoms with Crippen LogP contribution in [0.4, 0.5) is 0 Å². The van der Waals surface area contributed by atoms with Crippen LogP contribution in [0.5, 0.6) is 0 Å². The number of halogens is 1. The summed E-state index contributed by atoms with van der Waals surface area (Å²) in [6.07, 6.45) is 2.85. The van der Waals surface area contributed by atoms with E-state index in [0.29, 0.717) is 19.7 Å². The van der Waals surface area contributed by atoms with Crippen LogP contribution in [0.3, 0.4) is 0 Å². The fourth-order valence-electron chi connectivity index (χ4n) is 3.33. The number of benzene rings is 1. The largest absolute Gasteiger partial charge is 0.370 e. The molecule has 10 heteroatoms. The molecule has 1 aromatic heterocycles. The first-order chi connectivity index (χ1) is 14.5. The number of ether oxygens (including phenoxy) is 1. The van der Waals surface area contributed by atoms with Crippen molar-refractivity contribution in [2.45, 2.75) is 24.8 Å². The molecule has 2 N–H and O–H groups in total. The summed E-state index contributed by atoms with van der Waals surface area (Å²) in [5, 5.41) is 3.30. The number of aromatic nitrogens is 1. The Bertz CT molecular complexity index is 956. The Labute approximate surface area is 201 Å². The third-order valence-electron chi connectivity index (χ3n) is 4.85. The zero-order valence-corrected chi connectivity index (χ0v) is 21.0. The number of hydrogen-bond donors (Lipinski definition) is 2. The first-order valence-corrected chi connectivity index (χ1v) is 11.6. The van der Waals surface area contributed by atoms with E-state index in [-0.39, 0.29) is 41.5 Å². The van der Waals surface area contributed by atoms with Crippen molar-refractivity contribution < 1.29 is 13.2 Å². The van der Waals surface area contributed by atoms with Crippen LogP contribution >= 0.6 is 24.0 Å². The van der Waals surface area contributed by atoms with Crippen LogP contribution in [-0.2, 0) is 14.8 Å². The fraction of sp³-hybridized carbons (Fsp3) is 0.429. The molecule has 2 aromatic rings. The number of morpholine rings is 1. The second-order valence-electron chi connectivity index (χ2n) is 6.98. The van der Waals surface area contributed by atoms with Crippen LogP contribution in [0.1, 0.15) is 24.2 Å². The Hall–Kier alpha value is -1.76. The van der Waals surface area contributed by atoms with Gasteiger partial charge in [0.05, 0.1) is 19.7 Å². The molecule has 31 heavy (non-hydrogen) atoms. The minimum Gasteiger partial charge on any atom is -0.370 e. The Morgan fingerprint density at radius 1 is 1.29 bits per heavy atom. The van der Waals surface area contributed by atoms with Crippen molar-refractivity contribution in [3.8, 4) is 0 Å². The summed E-state index contributed by atoms with van der Waals surface area (Å²) < 4.78 is 33.2. The number of aryl methyl sites for hydroxylation is 1. The summed E-state index contributed by atoms with van der Waals surface area (Å²) >= 11 is 0. The summed E-state index contributed by atoms with van der Waals surface area (Å²) in [5.41, 5.74) is 2.39. The highest BCUT2D eigenvalue weighted by Crippen LogP contribution is 2.24. The first kappa shape index (κ1) is 25.5. The van der Waals surface area contributed by atoms with Crippen LogP contribution in [0.2, 0.25) is 0 Å². The zero-order valence-electron chi connectivity index (χ0n) is 17.8. The van der Waals surface area contributed by atoms with Gasteiger partial charge in [-0.15, -0.1) is 24.0 Å². The van der Waals surface area contributed by atoms with Gasteiger partial charge in [0.15, 0.2) is 5.96 Å². The molecular weight excluding hydrogens is 529 g/mol. The van der Waals surface area contributed by atoms with E-state index in [2.05, 4.69) is 44.0 Å². The molecule has 1 aliphatic heterocycles. The minimum atomic E-state index is -3.58. The predicted molar refractivity (Wildman–Crippen MR) is 132 cm³/mol. The van der Waals surface area contributed by atoms with Gasteiger partial charge in [0, 0.05) is 32.0 Å². The van der Waals surface area contributed by atoms with Gasteiger partial charge in [0.25, 0.3) is 0 Å². The van der Waals surface area contributed by atoms with E-state index in [0.717, 1.165) is 19.0 Å². The first-order valence-electron chi connectivity index (χ1n) is 10.1. The Morgan fingerprint density at radius 2 is 2.10 bits per heavy atom. The average molecular weight is 559 g/mol. The second kappa shape index (κ2) is 12.3. The highest BCUT2D eigenvalue weighted by atomic mass is 127. The monoisotopic (exact) mass is 559 g/mol. The third-order valence-corrected chi connectivity index (χ3v) is 6.29. The number of pyridine rings is 1. The maximum absolute atomic E-state index is 12.3. The van der Waals surface area contributed by atoms with Crippen LogP contribution in [0.25, 0.3) is 0 Å². The normalized spacial score (nSPS) is 17.2. The van der Waals surface area contributed by atoms with E-state index in [1.165, 1.54) is 23.4 Å². The van der Waals surface area contributed by atoms with Crippen molar-refractivity contribution in [3.05, 3.63) is 59.9 Å². The predicted octanol–water partition coefficient (Wildman–Crippen LogP) is 2.33. The van der Waals surface area contributed by atoms with Gasteiger partial charge in [0.1, 0.15) is 11.0 Å². The lowest BCUT2D eigenvalue weighted by atomic mass is 10.0. The number of hydrogen-bond acceptors (Lipinski definition) is 5. The van der Waals surface area contributed by atoms with Crippen molar-refractivity contribution in [1.29, 1.82) is 0 Å². The number of nitrogens with one attached hydrogen (secondary N) is 2. The molecule has 3 rings (SSSR count). The van der Waals surface area contributed by atoms with Crippen molar-refractivity contribution in [3.63, 3.8) is 0 Å². The number of rotatable bonds is 7. The van der Waals surface area contributed by atoms with Gasteiger partial charge in [-0.3, -0.25) is 9.98 Å². The maximum Gasteiger partial charge on any atom is 0.242 e. The summed E-state index contributed by atoms with van der Waals surface area (Å²) in [5.74, 6) is 0.764. The standard InChI is InChI=1S/C21H29N5O3S.HI/c1-3-23-21(24-11-12-25-30(27,28)18-8-6-10-22-15-18)26-13-14-29-20(16-26)19-9-5-4-7-17(19)2;/h4-10,15,20,25H,3,11-14,16H2,1-2H3,(H,23,24);1H. The molecule has 1 saturated heterocycles. The molecule has 1 aliphatic rings. The highest BCUT2D eigenvalue weighted by Gasteiger charge is 2.25. The molecule has 1 unspecified atom stereocenters. The molecule has 1 fully saturated rings. The van der Waals surface area contributed by atoms with Gasteiger partial charge < -0.3 is 15.0 Å². The third kappa shape index (κ3) is 7.13. The molecular formula is C21H30IN5O3S. The molecule has 0 amide bonds. The van der Waals surface area contributed by atoms with Gasteiger partial charge in [0.2, 0.25) is 10.0 Å². The molecule has 0 spiro atoms. The molecule has 0 saturated carbocycles. The SMILES string of the molecule is CCNC(=NCCNS(=O)(=O)c1cccnc1)N1CCOC(c2ccccc2C)C1.I. The molecule has 0 aliphatic carbocycles. The summed E-state index contributed by atoms with van der Waals surface area (Å²) in [6.45, 7) is 7.40. The Kier molecular flexibility index (Phi) is 10.1. The van der Waals surface area contributed by atoms with E-state index in [4.69, 9.17) is 4.74 Å². The van der Waals surface area contributed by atoms with E-state index in [9.17, 15) is 8.42 Å². The van der Waals surface area contributed by atoms with Gasteiger partial charge in [-0.1, -0.05) is 24.3 Å². The van der Waals surface area contributed by atoms with Gasteiger partial charge >= 0.3 is 0 Å². The van der Waals surface area contributed by atoms with E-state index < -0.39 is 10.0 Å². The van der Waals surface area contributed by atoms with E-state index in [1.807, 2.05) is 19.1 Å². The molecule has 8 nitrogen and oxygen atoms in total. The molecule has 170 valence electrons. The topological polar surface area (TPSA) is 95.9 Å². The number of guanidine groups is 1. The molecule has 0 bridgehead atoms. The lowest BCUT2D eigenvalue weighted by molar-refractivity contribution is -0.00832.